The monoisotopic (exact) mass is 423 g/mol. The van der Waals surface area contributed by atoms with Crippen LogP contribution in [0.2, 0.25) is 5.02 Å². The van der Waals surface area contributed by atoms with Gasteiger partial charge in [0.1, 0.15) is 35.0 Å². The van der Waals surface area contributed by atoms with Crippen molar-refractivity contribution in [1.82, 2.24) is 0 Å². The standard InChI is InChI=1S/C15H9ClF3NO6S/c16-10-5-8(15(17,18)19)1-4-12(10)25-9-2-3-11(20(23)24)13(6-9)27-26-14(22)7-21/h1-6,21H,7H2. The molecule has 12 heteroatoms. The first-order valence-corrected chi connectivity index (χ1v) is 8.05. The molecule has 0 fully saturated rings. The highest BCUT2D eigenvalue weighted by molar-refractivity contribution is 7.95. The number of hydrogen-bond acceptors (Lipinski definition) is 7. The van der Waals surface area contributed by atoms with Gasteiger partial charge in [-0.2, -0.15) is 13.2 Å². The zero-order valence-corrected chi connectivity index (χ0v) is 14.6. The highest BCUT2D eigenvalue weighted by Gasteiger charge is 2.31. The van der Waals surface area contributed by atoms with Crippen LogP contribution in [0.1, 0.15) is 5.56 Å². The summed E-state index contributed by atoms with van der Waals surface area (Å²) in [5.41, 5.74) is -1.37. The van der Waals surface area contributed by atoms with Crippen molar-refractivity contribution in [1.29, 1.82) is 0 Å². The Bertz CT molecular complexity index is 877. The molecule has 0 aliphatic carbocycles. The average Bonchev–Trinajstić information content (AvgIpc) is 2.60. The number of nitro groups is 1. The van der Waals surface area contributed by atoms with Crippen LogP contribution in [-0.2, 0) is 15.2 Å². The molecule has 0 saturated carbocycles. The van der Waals surface area contributed by atoms with Gasteiger partial charge in [0, 0.05) is 12.1 Å². The number of halogens is 4. The van der Waals surface area contributed by atoms with E-state index >= 15 is 0 Å². The second-order valence-corrected chi connectivity index (χ2v) is 6.01. The van der Waals surface area contributed by atoms with Gasteiger partial charge in [-0.3, -0.25) is 10.1 Å². The number of aliphatic hydroxyl groups excluding tert-OH is 1. The zero-order valence-electron chi connectivity index (χ0n) is 13.0. The molecule has 0 spiro atoms. The third-order valence-corrected chi connectivity index (χ3v) is 4.04. The Morgan fingerprint density at radius 3 is 2.52 bits per heavy atom. The molecule has 27 heavy (non-hydrogen) atoms. The molecule has 2 rings (SSSR count). The van der Waals surface area contributed by atoms with E-state index in [2.05, 4.69) is 4.18 Å². The highest BCUT2D eigenvalue weighted by atomic mass is 35.5. The molecular formula is C15H9ClF3NO6S. The lowest BCUT2D eigenvalue weighted by Gasteiger charge is -2.12. The zero-order chi connectivity index (χ0) is 20.2. The first-order chi connectivity index (χ1) is 12.6. The van der Waals surface area contributed by atoms with Crippen LogP contribution in [0.25, 0.3) is 0 Å². The number of benzene rings is 2. The Hall–Kier alpha value is -2.50. The summed E-state index contributed by atoms with van der Waals surface area (Å²) in [7, 11) is 0. The number of hydrogen-bond donors (Lipinski definition) is 1. The second kappa shape index (κ2) is 8.46. The van der Waals surface area contributed by atoms with Crippen molar-refractivity contribution in [2.75, 3.05) is 6.61 Å². The molecule has 0 saturated heterocycles. The fourth-order valence-corrected chi connectivity index (χ4v) is 2.63. The topological polar surface area (TPSA) is 98.9 Å². The van der Waals surface area contributed by atoms with E-state index in [-0.39, 0.29) is 21.4 Å². The van der Waals surface area contributed by atoms with Crippen LogP contribution >= 0.6 is 23.6 Å². The molecule has 0 bridgehead atoms. The SMILES string of the molecule is O=C(CO)OSc1cc(Oc2ccc(C(F)(F)F)cc2Cl)ccc1[N+](=O)[O-]. The second-order valence-electron chi connectivity index (χ2n) is 4.83. The van der Waals surface area contributed by atoms with Crippen molar-refractivity contribution >= 4 is 35.3 Å². The van der Waals surface area contributed by atoms with Crippen molar-refractivity contribution in [2.45, 2.75) is 11.1 Å². The molecule has 7 nitrogen and oxygen atoms in total. The quantitative estimate of drug-likeness (QED) is 0.411. The Balaban J connectivity index is 2.28. The summed E-state index contributed by atoms with van der Waals surface area (Å²) >= 11 is 6.12. The maximum Gasteiger partial charge on any atom is 0.416 e. The first kappa shape index (κ1) is 20.8. The van der Waals surface area contributed by atoms with Gasteiger partial charge in [0.05, 0.1) is 15.5 Å². The molecule has 0 amide bonds. The number of aliphatic hydroxyl groups is 1. The summed E-state index contributed by atoms with van der Waals surface area (Å²) in [5.74, 6) is -1.13. The fraction of sp³-hybridized carbons (Fsp3) is 0.133. The maximum absolute atomic E-state index is 12.7. The number of nitrogens with zero attached hydrogens (tertiary/aromatic N) is 1. The predicted molar refractivity (Wildman–Crippen MR) is 88.7 cm³/mol. The van der Waals surface area contributed by atoms with Gasteiger partial charge in [-0.15, -0.1) is 0 Å². The third-order valence-electron chi connectivity index (χ3n) is 2.97. The Kier molecular flexibility index (Phi) is 6.52. The summed E-state index contributed by atoms with van der Waals surface area (Å²) in [6.45, 7) is -0.919. The molecule has 2 aromatic carbocycles. The van der Waals surface area contributed by atoms with E-state index < -0.39 is 34.9 Å². The lowest BCUT2D eigenvalue weighted by molar-refractivity contribution is -0.387. The highest BCUT2D eigenvalue weighted by Crippen LogP contribution is 2.38. The normalized spacial score (nSPS) is 11.1. The third kappa shape index (κ3) is 5.49. The van der Waals surface area contributed by atoms with Crippen molar-refractivity contribution in [3.63, 3.8) is 0 Å². The number of alkyl halides is 3. The van der Waals surface area contributed by atoms with Crippen LogP contribution in [0.5, 0.6) is 11.5 Å². The van der Waals surface area contributed by atoms with Gasteiger partial charge in [0.25, 0.3) is 5.69 Å². The molecule has 1 N–H and O–H groups in total. The van der Waals surface area contributed by atoms with Gasteiger partial charge in [0.15, 0.2) is 0 Å². The fourth-order valence-electron chi connectivity index (χ4n) is 1.78. The number of carbonyl (C=O) groups excluding carboxylic acids is 1. The van der Waals surface area contributed by atoms with E-state index in [0.717, 1.165) is 24.3 Å². The number of carbonyl (C=O) groups is 1. The predicted octanol–water partition coefficient (Wildman–Crippen LogP) is 4.60. The van der Waals surface area contributed by atoms with Crippen molar-refractivity contribution in [3.05, 3.63) is 57.1 Å². The Morgan fingerprint density at radius 2 is 1.96 bits per heavy atom. The minimum absolute atomic E-state index is 0.00445. The number of nitro benzene ring substituents is 1. The van der Waals surface area contributed by atoms with Gasteiger partial charge >= 0.3 is 12.1 Å². The minimum Gasteiger partial charge on any atom is -0.456 e. The molecule has 0 aliphatic rings. The van der Waals surface area contributed by atoms with Gasteiger partial charge < -0.3 is 14.0 Å². The van der Waals surface area contributed by atoms with Gasteiger partial charge in [-0.1, -0.05) is 11.6 Å². The minimum atomic E-state index is -4.57. The molecule has 0 heterocycles. The van der Waals surface area contributed by atoms with E-state index in [1.54, 1.807) is 0 Å². The molecular weight excluding hydrogens is 415 g/mol. The summed E-state index contributed by atoms with van der Waals surface area (Å²) < 4.78 is 47.9. The molecule has 0 unspecified atom stereocenters. The van der Waals surface area contributed by atoms with Crippen LogP contribution in [0, 0.1) is 10.1 Å². The maximum atomic E-state index is 12.7. The Labute approximate surface area is 159 Å². The molecule has 0 atom stereocenters. The number of rotatable bonds is 6. The lowest BCUT2D eigenvalue weighted by Crippen LogP contribution is -2.04. The molecule has 2 aromatic rings. The molecule has 0 radical (unpaired) electrons. The van der Waals surface area contributed by atoms with Crippen LogP contribution in [0.4, 0.5) is 18.9 Å². The van der Waals surface area contributed by atoms with Crippen LogP contribution in [0.15, 0.2) is 41.3 Å². The van der Waals surface area contributed by atoms with Crippen molar-refractivity contribution < 1.29 is 36.9 Å². The summed E-state index contributed by atoms with van der Waals surface area (Å²) in [6.07, 6.45) is -4.57. The Morgan fingerprint density at radius 1 is 1.26 bits per heavy atom. The number of ether oxygens (including phenoxy) is 1. The van der Waals surface area contributed by atoms with Crippen molar-refractivity contribution in [2.24, 2.45) is 0 Å². The van der Waals surface area contributed by atoms with Gasteiger partial charge in [0.2, 0.25) is 0 Å². The molecule has 144 valence electrons. The van der Waals surface area contributed by atoms with E-state index in [0.29, 0.717) is 18.1 Å². The van der Waals surface area contributed by atoms with Gasteiger partial charge in [-0.05, 0) is 24.3 Å². The van der Waals surface area contributed by atoms with E-state index in [1.807, 2.05) is 0 Å². The van der Waals surface area contributed by atoms with E-state index in [9.17, 15) is 28.1 Å². The first-order valence-electron chi connectivity index (χ1n) is 6.93. The van der Waals surface area contributed by atoms with Crippen LogP contribution in [0.3, 0.4) is 0 Å². The molecule has 0 aromatic heterocycles. The van der Waals surface area contributed by atoms with Crippen LogP contribution < -0.4 is 4.74 Å². The lowest BCUT2D eigenvalue weighted by atomic mass is 10.2. The summed E-state index contributed by atoms with van der Waals surface area (Å²) in [4.78, 5) is 21.2. The average molecular weight is 424 g/mol. The van der Waals surface area contributed by atoms with Gasteiger partial charge in [-0.25, -0.2) is 4.79 Å². The largest absolute Gasteiger partial charge is 0.456 e. The van der Waals surface area contributed by atoms with Crippen LogP contribution in [-0.4, -0.2) is 22.6 Å². The molecule has 0 aliphatic heterocycles. The van der Waals surface area contributed by atoms with E-state index in [1.165, 1.54) is 6.07 Å². The summed E-state index contributed by atoms with van der Waals surface area (Å²) in [6, 6.07) is 5.85. The summed E-state index contributed by atoms with van der Waals surface area (Å²) in [5, 5.41) is 19.3. The van der Waals surface area contributed by atoms with Crippen molar-refractivity contribution in [3.8, 4) is 11.5 Å². The van der Waals surface area contributed by atoms with E-state index in [4.69, 9.17) is 21.4 Å². The smallest absolute Gasteiger partial charge is 0.416 e.